The Bertz CT molecular complexity index is 863. The van der Waals surface area contributed by atoms with Gasteiger partial charge in [-0.3, -0.25) is 9.69 Å². The van der Waals surface area contributed by atoms with Crippen LogP contribution in [-0.2, 0) is 6.54 Å². The van der Waals surface area contributed by atoms with E-state index < -0.39 is 0 Å². The predicted octanol–water partition coefficient (Wildman–Crippen LogP) is 3.20. The minimum atomic E-state index is -0.0429. The molecule has 2 aromatic heterocycles. The first-order valence-corrected chi connectivity index (χ1v) is 8.77. The van der Waals surface area contributed by atoms with Gasteiger partial charge in [-0.05, 0) is 31.2 Å². The Morgan fingerprint density at radius 1 is 1.08 bits per heavy atom. The average Bonchev–Trinajstić information content (AvgIpc) is 3.33. The topological polar surface area (TPSA) is 62.7 Å². The number of amides is 1. The lowest BCUT2D eigenvalue weighted by Gasteiger charge is -2.33. The Balaban J connectivity index is 1.38. The molecule has 1 fully saturated rings. The van der Waals surface area contributed by atoms with Crippen molar-refractivity contribution < 1.29 is 13.6 Å². The van der Waals surface area contributed by atoms with E-state index in [1.165, 1.54) is 6.26 Å². The fraction of sp³-hybridized carbons (Fsp3) is 0.300. The van der Waals surface area contributed by atoms with Gasteiger partial charge < -0.3 is 13.7 Å². The molecule has 26 heavy (non-hydrogen) atoms. The quantitative estimate of drug-likeness (QED) is 0.722. The second-order valence-corrected chi connectivity index (χ2v) is 6.43. The summed E-state index contributed by atoms with van der Waals surface area (Å²) in [5.41, 5.74) is 1.94. The molecule has 3 aromatic rings. The highest BCUT2D eigenvalue weighted by Gasteiger charge is 2.24. The molecule has 6 nitrogen and oxygen atoms in total. The summed E-state index contributed by atoms with van der Waals surface area (Å²) in [6.45, 7) is 5.65. The number of rotatable bonds is 4. The number of furan rings is 1. The molecular weight excluding hydrogens is 330 g/mol. The van der Waals surface area contributed by atoms with Gasteiger partial charge in [-0.1, -0.05) is 18.2 Å². The van der Waals surface area contributed by atoms with Crippen LogP contribution in [0.4, 0.5) is 0 Å². The van der Waals surface area contributed by atoms with Crippen LogP contribution < -0.4 is 0 Å². The van der Waals surface area contributed by atoms with Crippen LogP contribution in [0.5, 0.6) is 0 Å². The van der Waals surface area contributed by atoms with E-state index in [1.807, 2.05) is 42.2 Å². The van der Waals surface area contributed by atoms with Crippen LogP contribution in [0.15, 0.2) is 57.6 Å². The van der Waals surface area contributed by atoms with Crippen molar-refractivity contribution >= 4 is 5.91 Å². The fourth-order valence-corrected chi connectivity index (χ4v) is 3.16. The summed E-state index contributed by atoms with van der Waals surface area (Å²) in [7, 11) is 0. The molecule has 0 atom stereocenters. The summed E-state index contributed by atoms with van der Waals surface area (Å²) in [6.07, 6.45) is 1.53. The Labute approximate surface area is 152 Å². The van der Waals surface area contributed by atoms with Gasteiger partial charge in [0.1, 0.15) is 5.76 Å². The molecule has 1 amide bonds. The maximum Gasteiger partial charge on any atom is 0.289 e. The van der Waals surface area contributed by atoms with Crippen molar-refractivity contribution in [2.24, 2.45) is 0 Å². The zero-order valence-electron chi connectivity index (χ0n) is 14.7. The summed E-state index contributed by atoms with van der Waals surface area (Å²) in [4.78, 5) is 21.1. The first-order valence-electron chi connectivity index (χ1n) is 8.77. The van der Waals surface area contributed by atoms with Crippen molar-refractivity contribution in [1.29, 1.82) is 0 Å². The molecule has 1 saturated heterocycles. The third-order valence-corrected chi connectivity index (χ3v) is 4.68. The van der Waals surface area contributed by atoms with Crippen LogP contribution in [0.25, 0.3) is 11.5 Å². The molecule has 1 aliphatic heterocycles. The van der Waals surface area contributed by atoms with Crippen molar-refractivity contribution in [3.8, 4) is 11.5 Å². The molecular formula is C20H21N3O3. The molecule has 134 valence electrons. The van der Waals surface area contributed by atoms with Crippen LogP contribution in [0, 0.1) is 6.92 Å². The highest BCUT2D eigenvalue weighted by Crippen LogP contribution is 2.22. The Kier molecular flexibility index (Phi) is 4.58. The number of carbonyl (C=O) groups is 1. The first-order chi connectivity index (χ1) is 12.7. The summed E-state index contributed by atoms with van der Waals surface area (Å²) in [6, 6.07) is 13.4. The van der Waals surface area contributed by atoms with Gasteiger partial charge in [0.2, 0.25) is 5.89 Å². The van der Waals surface area contributed by atoms with Gasteiger partial charge in [0.25, 0.3) is 5.91 Å². The Morgan fingerprint density at radius 2 is 1.85 bits per heavy atom. The van der Waals surface area contributed by atoms with E-state index in [-0.39, 0.29) is 5.91 Å². The maximum absolute atomic E-state index is 12.3. The SMILES string of the molecule is Cc1oc(-c2ccccc2)nc1CN1CCN(C(=O)c2ccco2)CC1. The number of aryl methyl sites for hydroxylation is 1. The lowest BCUT2D eigenvalue weighted by molar-refractivity contribution is 0.0596. The van der Waals surface area contributed by atoms with Crippen molar-refractivity contribution in [3.63, 3.8) is 0 Å². The van der Waals surface area contributed by atoms with Gasteiger partial charge in [-0.2, -0.15) is 0 Å². The lowest BCUT2D eigenvalue weighted by atomic mass is 10.2. The normalized spacial score (nSPS) is 15.3. The lowest BCUT2D eigenvalue weighted by Crippen LogP contribution is -2.48. The van der Waals surface area contributed by atoms with E-state index in [0.717, 1.165) is 36.7 Å². The number of aromatic nitrogens is 1. The summed E-state index contributed by atoms with van der Waals surface area (Å²) in [5.74, 6) is 1.86. The number of hydrogen-bond acceptors (Lipinski definition) is 5. The third-order valence-electron chi connectivity index (χ3n) is 4.68. The molecule has 0 spiro atoms. The number of hydrogen-bond donors (Lipinski definition) is 0. The first kappa shape index (κ1) is 16.6. The van der Waals surface area contributed by atoms with E-state index >= 15 is 0 Å². The van der Waals surface area contributed by atoms with E-state index in [9.17, 15) is 4.79 Å². The number of benzene rings is 1. The van der Waals surface area contributed by atoms with Gasteiger partial charge in [0.05, 0.1) is 12.0 Å². The molecule has 4 rings (SSSR count). The van der Waals surface area contributed by atoms with Crippen LogP contribution >= 0.6 is 0 Å². The van der Waals surface area contributed by atoms with Gasteiger partial charge in [0, 0.05) is 38.3 Å². The van der Waals surface area contributed by atoms with Crippen LogP contribution in [0.2, 0.25) is 0 Å². The summed E-state index contributed by atoms with van der Waals surface area (Å²) >= 11 is 0. The largest absolute Gasteiger partial charge is 0.459 e. The molecule has 0 bridgehead atoms. The molecule has 0 saturated carbocycles. The molecule has 1 aromatic carbocycles. The number of nitrogens with zero attached hydrogens (tertiary/aromatic N) is 3. The zero-order valence-corrected chi connectivity index (χ0v) is 14.7. The predicted molar refractivity (Wildman–Crippen MR) is 96.6 cm³/mol. The average molecular weight is 351 g/mol. The minimum absolute atomic E-state index is 0.0429. The van der Waals surface area contributed by atoms with Gasteiger partial charge >= 0.3 is 0 Å². The van der Waals surface area contributed by atoms with Crippen LogP contribution in [0.1, 0.15) is 22.0 Å². The molecule has 6 heteroatoms. The number of piperazine rings is 1. The Morgan fingerprint density at radius 3 is 2.54 bits per heavy atom. The molecule has 3 heterocycles. The minimum Gasteiger partial charge on any atom is -0.459 e. The van der Waals surface area contributed by atoms with E-state index in [1.54, 1.807) is 12.1 Å². The highest BCUT2D eigenvalue weighted by molar-refractivity contribution is 5.91. The highest BCUT2D eigenvalue weighted by atomic mass is 16.4. The molecule has 0 radical (unpaired) electrons. The van der Waals surface area contributed by atoms with Crippen LogP contribution in [0.3, 0.4) is 0 Å². The molecule has 0 N–H and O–H groups in total. The third kappa shape index (κ3) is 3.41. The zero-order chi connectivity index (χ0) is 17.9. The maximum atomic E-state index is 12.3. The van der Waals surface area contributed by atoms with E-state index in [4.69, 9.17) is 8.83 Å². The summed E-state index contributed by atoms with van der Waals surface area (Å²) in [5, 5.41) is 0. The van der Waals surface area contributed by atoms with Gasteiger partial charge in [-0.15, -0.1) is 0 Å². The number of oxazole rings is 1. The molecule has 1 aliphatic rings. The monoisotopic (exact) mass is 351 g/mol. The van der Waals surface area contributed by atoms with Crippen LogP contribution in [-0.4, -0.2) is 46.9 Å². The number of carbonyl (C=O) groups excluding carboxylic acids is 1. The summed E-state index contributed by atoms with van der Waals surface area (Å²) < 4.78 is 11.0. The van der Waals surface area contributed by atoms with E-state index in [0.29, 0.717) is 24.7 Å². The second kappa shape index (κ2) is 7.17. The van der Waals surface area contributed by atoms with Gasteiger partial charge in [-0.25, -0.2) is 4.98 Å². The molecule has 0 aliphatic carbocycles. The fourth-order valence-electron chi connectivity index (χ4n) is 3.16. The molecule has 0 unspecified atom stereocenters. The van der Waals surface area contributed by atoms with Crippen molar-refractivity contribution in [2.75, 3.05) is 26.2 Å². The Hall–Kier alpha value is -2.86. The smallest absolute Gasteiger partial charge is 0.289 e. The van der Waals surface area contributed by atoms with Crippen molar-refractivity contribution in [2.45, 2.75) is 13.5 Å². The standard InChI is InChI=1S/C20H21N3O3/c1-15-17(21-19(26-15)16-6-3-2-4-7-16)14-22-9-11-23(12-10-22)20(24)18-8-5-13-25-18/h2-8,13H,9-12,14H2,1H3. The van der Waals surface area contributed by atoms with Crippen molar-refractivity contribution in [1.82, 2.24) is 14.8 Å². The van der Waals surface area contributed by atoms with E-state index in [2.05, 4.69) is 9.88 Å². The van der Waals surface area contributed by atoms with Crippen molar-refractivity contribution in [3.05, 3.63) is 65.9 Å². The second-order valence-electron chi connectivity index (χ2n) is 6.43. The van der Waals surface area contributed by atoms with Gasteiger partial charge in [0.15, 0.2) is 5.76 Å².